The van der Waals surface area contributed by atoms with Gasteiger partial charge in [-0.25, -0.2) is 9.37 Å². The number of benzene rings is 1. The van der Waals surface area contributed by atoms with Gasteiger partial charge in [-0.3, -0.25) is 9.59 Å². The second-order valence-electron chi connectivity index (χ2n) is 4.67. The highest BCUT2D eigenvalue weighted by Crippen LogP contribution is 2.17. The van der Waals surface area contributed by atoms with Crippen LogP contribution in [0.5, 0.6) is 0 Å². The lowest BCUT2D eigenvalue weighted by Crippen LogP contribution is -2.18. The Kier molecular flexibility index (Phi) is 4.29. The maximum atomic E-state index is 13.6. The molecule has 2 heterocycles. The summed E-state index contributed by atoms with van der Waals surface area (Å²) in [5.74, 6) is -2.05. The molecule has 0 fully saturated rings. The summed E-state index contributed by atoms with van der Waals surface area (Å²) in [6, 6.07) is 6.43. The zero-order valence-electron chi connectivity index (χ0n) is 11.7. The Bertz CT molecular complexity index is 846. The third-order valence-corrected chi connectivity index (χ3v) is 3.94. The van der Waals surface area contributed by atoms with Crippen molar-refractivity contribution in [2.45, 2.75) is 12.8 Å². The van der Waals surface area contributed by atoms with Crippen LogP contribution in [0.2, 0.25) is 0 Å². The van der Waals surface area contributed by atoms with Gasteiger partial charge < -0.3 is 0 Å². The van der Waals surface area contributed by atoms with Crippen molar-refractivity contribution in [2.24, 2.45) is 0 Å². The maximum absolute atomic E-state index is 13.6. The van der Waals surface area contributed by atoms with Crippen molar-refractivity contribution in [3.63, 3.8) is 0 Å². The van der Waals surface area contributed by atoms with E-state index in [0.717, 1.165) is 0 Å². The first kappa shape index (κ1) is 15.1. The predicted molar refractivity (Wildman–Crippen MR) is 78.5 cm³/mol. The van der Waals surface area contributed by atoms with E-state index in [1.165, 1.54) is 17.4 Å². The summed E-state index contributed by atoms with van der Waals surface area (Å²) in [4.78, 5) is 27.9. The van der Waals surface area contributed by atoms with Crippen LogP contribution in [0.1, 0.15) is 26.9 Å². The number of carbonyl (C=O) groups excluding carboxylic acids is 2. The highest BCUT2D eigenvalue weighted by Gasteiger charge is 2.22. The maximum Gasteiger partial charge on any atom is 0.269 e. The Hall–Kier alpha value is -2.81. The highest BCUT2D eigenvalue weighted by atomic mass is 32.1. The van der Waals surface area contributed by atoms with Crippen molar-refractivity contribution in [1.82, 2.24) is 25.6 Å². The van der Waals surface area contributed by atoms with Gasteiger partial charge in [0.05, 0.1) is 12.1 Å². The lowest BCUT2D eigenvalue weighted by molar-refractivity contribution is -0.114. The molecule has 0 saturated carbocycles. The van der Waals surface area contributed by atoms with Crippen molar-refractivity contribution < 1.29 is 14.0 Å². The topological polar surface area (TPSA) is 101 Å². The molecule has 0 bridgehead atoms. The van der Waals surface area contributed by atoms with Crippen molar-refractivity contribution in [3.8, 4) is 0 Å². The molecule has 23 heavy (non-hydrogen) atoms. The lowest BCUT2D eigenvalue weighted by atomic mass is 10.1. The van der Waals surface area contributed by atoms with Gasteiger partial charge in [0.15, 0.2) is 0 Å². The van der Waals surface area contributed by atoms with Crippen molar-refractivity contribution in [1.29, 1.82) is 0 Å². The van der Waals surface area contributed by atoms with Crippen molar-refractivity contribution >= 4 is 22.9 Å². The first-order valence-corrected chi connectivity index (χ1v) is 7.49. The summed E-state index contributed by atoms with van der Waals surface area (Å²) in [6.45, 7) is 0. The van der Waals surface area contributed by atoms with Gasteiger partial charge in [0.2, 0.25) is 11.6 Å². The normalized spacial score (nSPS) is 10.7. The predicted octanol–water partition coefficient (Wildman–Crippen LogP) is 1.38. The molecule has 0 spiro atoms. The average molecular weight is 331 g/mol. The van der Waals surface area contributed by atoms with Crippen LogP contribution in [0.4, 0.5) is 4.39 Å². The molecule has 9 heteroatoms. The molecule has 0 aliphatic carbocycles. The number of aromatic amines is 1. The molecule has 0 aliphatic rings. The number of H-pyrrole nitrogens is 1. The number of hydrogen-bond acceptors (Lipinski definition) is 7. The van der Waals surface area contributed by atoms with Crippen LogP contribution in [0, 0.1) is 5.82 Å². The number of tetrazole rings is 1. The van der Waals surface area contributed by atoms with E-state index in [-0.39, 0.29) is 18.1 Å². The number of Topliss-reactive ketones (excluding diaryl/α,β-unsaturated/α-hetero) is 2. The minimum atomic E-state index is -0.815. The van der Waals surface area contributed by atoms with Crippen molar-refractivity contribution in [2.75, 3.05) is 0 Å². The summed E-state index contributed by atoms with van der Waals surface area (Å²) in [5.41, 5.74) is 1.17. The van der Waals surface area contributed by atoms with Crippen LogP contribution in [-0.2, 0) is 17.6 Å². The van der Waals surface area contributed by atoms with Crippen LogP contribution >= 0.6 is 11.3 Å². The van der Waals surface area contributed by atoms with Gasteiger partial charge in [-0.15, -0.1) is 21.5 Å². The third-order valence-electron chi connectivity index (χ3n) is 3.04. The monoisotopic (exact) mass is 331 g/mol. The number of rotatable bonds is 6. The SMILES string of the molecule is O=C(Cc1nc(Cc2ccccc2F)cs1)C(=O)c1nn[nH]n1. The molecule has 116 valence electrons. The molecule has 0 radical (unpaired) electrons. The Balaban J connectivity index is 1.67. The van der Waals surface area contributed by atoms with Gasteiger partial charge in [-0.05, 0) is 16.8 Å². The van der Waals surface area contributed by atoms with E-state index in [9.17, 15) is 14.0 Å². The standard InChI is InChI=1S/C14H10FN5O2S/c15-10-4-2-1-3-8(10)5-9-7-23-12(16-9)6-11(21)13(22)14-17-19-20-18-14/h1-4,7H,5-6H2,(H,17,18,19,20). The van der Waals surface area contributed by atoms with E-state index in [4.69, 9.17) is 0 Å². The van der Waals surface area contributed by atoms with Gasteiger partial charge >= 0.3 is 0 Å². The second kappa shape index (κ2) is 6.53. The zero-order chi connectivity index (χ0) is 16.2. The minimum absolute atomic E-state index is 0.144. The second-order valence-corrected chi connectivity index (χ2v) is 5.61. The molecule has 0 atom stereocenters. The quantitative estimate of drug-likeness (QED) is 0.541. The summed E-state index contributed by atoms with van der Waals surface area (Å²) >= 11 is 1.25. The molecule has 1 aromatic carbocycles. The van der Waals surface area contributed by atoms with E-state index in [0.29, 0.717) is 22.7 Å². The molecular weight excluding hydrogens is 321 g/mol. The van der Waals surface area contributed by atoms with Crippen LogP contribution in [0.15, 0.2) is 29.6 Å². The van der Waals surface area contributed by atoms with E-state index in [2.05, 4.69) is 25.6 Å². The fourth-order valence-electron chi connectivity index (χ4n) is 1.95. The van der Waals surface area contributed by atoms with Crippen molar-refractivity contribution in [3.05, 3.63) is 57.6 Å². The molecular formula is C14H10FN5O2S. The summed E-state index contributed by atoms with van der Waals surface area (Å²) < 4.78 is 13.6. The van der Waals surface area contributed by atoms with Gasteiger partial charge in [0, 0.05) is 11.8 Å². The Morgan fingerprint density at radius 3 is 2.83 bits per heavy atom. The first-order chi connectivity index (χ1) is 11.1. The number of aromatic nitrogens is 5. The zero-order valence-corrected chi connectivity index (χ0v) is 12.5. The van der Waals surface area contributed by atoms with E-state index < -0.39 is 11.6 Å². The first-order valence-electron chi connectivity index (χ1n) is 6.61. The number of thiazole rings is 1. The van der Waals surface area contributed by atoms with Crippen LogP contribution < -0.4 is 0 Å². The van der Waals surface area contributed by atoms with Gasteiger partial charge in [-0.1, -0.05) is 18.2 Å². The highest BCUT2D eigenvalue weighted by molar-refractivity contribution is 7.09. The number of nitrogens with one attached hydrogen (secondary N) is 1. The number of nitrogens with zero attached hydrogens (tertiary/aromatic N) is 4. The Morgan fingerprint density at radius 1 is 1.26 bits per heavy atom. The average Bonchev–Trinajstić information content (AvgIpc) is 3.21. The molecule has 0 amide bonds. The molecule has 0 unspecified atom stereocenters. The largest absolute Gasteiger partial charge is 0.290 e. The number of ketones is 2. The fourth-order valence-corrected chi connectivity index (χ4v) is 2.74. The van der Waals surface area contributed by atoms with Gasteiger partial charge in [0.25, 0.3) is 5.78 Å². The molecule has 0 aliphatic heterocycles. The molecule has 2 aromatic heterocycles. The summed E-state index contributed by atoms with van der Waals surface area (Å²) in [7, 11) is 0. The van der Waals surface area contributed by atoms with E-state index >= 15 is 0 Å². The third kappa shape index (κ3) is 3.51. The van der Waals surface area contributed by atoms with Crippen LogP contribution in [0.3, 0.4) is 0 Å². The van der Waals surface area contributed by atoms with Crippen LogP contribution in [-0.4, -0.2) is 37.2 Å². The summed E-state index contributed by atoms with van der Waals surface area (Å²) in [5, 5.41) is 14.5. The number of carbonyl (C=O) groups is 2. The number of hydrogen-bond donors (Lipinski definition) is 1. The lowest BCUT2D eigenvalue weighted by Gasteiger charge is -1.99. The molecule has 0 saturated heterocycles. The van der Waals surface area contributed by atoms with E-state index in [1.807, 2.05) is 0 Å². The smallest absolute Gasteiger partial charge is 0.269 e. The Morgan fingerprint density at radius 2 is 2.09 bits per heavy atom. The summed E-state index contributed by atoms with van der Waals surface area (Å²) in [6.07, 6.45) is 0.186. The fraction of sp³-hybridized carbons (Fsp3) is 0.143. The molecule has 3 rings (SSSR count). The molecule has 3 aromatic rings. The number of halogens is 1. The Labute approximate surface area is 133 Å². The molecule has 7 nitrogen and oxygen atoms in total. The van der Waals surface area contributed by atoms with Crippen LogP contribution in [0.25, 0.3) is 0 Å². The minimum Gasteiger partial charge on any atom is -0.290 e. The van der Waals surface area contributed by atoms with Gasteiger partial charge in [0.1, 0.15) is 10.8 Å². The van der Waals surface area contributed by atoms with Gasteiger partial charge in [-0.2, -0.15) is 5.21 Å². The molecule has 1 N–H and O–H groups in total. The van der Waals surface area contributed by atoms with E-state index in [1.54, 1.807) is 23.6 Å².